The van der Waals surface area contributed by atoms with Crippen LogP contribution < -0.4 is 4.90 Å². The van der Waals surface area contributed by atoms with Crippen molar-refractivity contribution in [2.45, 2.75) is 13.8 Å². The summed E-state index contributed by atoms with van der Waals surface area (Å²) in [4.78, 5) is 34.5. The predicted molar refractivity (Wildman–Crippen MR) is 111 cm³/mol. The van der Waals surface area contributed by atoms with E-state index in [1.54, 1.807) is 4.90 Å². The van der Waals surface area contributed by atoms with Gasteiger partial charge in [-0.05, 0) is 32.0 Å². The van der Waals surface area contributed by atoms with E-state index < -0.39 is 5.97 Å². The first kappa shape index (κ1) is 18.2. The molecule has 6 nitrogen and oxygen atoms in total. The van der Waals surface area contributed by atoms with Crippen LogP contribution in [0.4, 0.5) is 5.13 Å². The minimum absolute atomic E-state index is 0.299. The smallest absolute Gasteiger partial charge is 0.341 e. The van der Waals surface area contributed by atoms with Crippen LogP contribution in [0.1, 0.15) is 23.0 Å². The Morgan fingerprint density at radius 3 is 2.68 bits per heavy atom. The van der Waals surface area contributed by atoms with Crippen molar-refractivity contribution in [2.24, 2.45) is 0 Å². The van der Waals surface area contributed by atoms with Gasteiger partial charge in [-0.15, -0.1) is 0 Å². The van der Waals surface area contributed by atoms with Crippen molar-refractivity contribution in [2.75, 3.05) is 18.1 Å². The van der Waals surface area contributed by atoms with Crippen LogP contribution in [0.3, 0.4) is 0 Å². The van der Waals surface area contributed by atoms with Crippen molar-refractivity contribution in [3.05, 3.63) is 59.8 Å². The average molecular weight is 393 g/mol. The number of hydrogen-bond acceptors (Lipinski definition) is 5. The van der Waals surface area contributed by atoms with Gasteiger partial charge in [-0.3, -0.25) is 9.69 Å². The van der Waals surface area contributed by atoms with Crippen LogP contribution in [0.25, 0.3) is 21.1 Å². The predicted octanol–water partition coefficient (Wildman–Crippen LogP) is 4.30. The summed E-state index contributed by atoms with van der Waals surface area (Å²) in [5.41, 5.74) is 2.90. The molecule has 7 heteroatoms. The van der Waals surface area contributed by atoms with Gasteiger partial charge >= 0.3 is 5.97 Å². The number of aryl methyl sites for hydroxylation is 1. The number of nitrogens with one attached hydrogen (secondary N) is 1. The molecule has 0 bridgehead atoms. The van der Waals surface area contributed by atoms with Gasteiger partial charge in [0.25, 0.3) is 5.91 Å². The van der Waals surface area contributed by atoms with Crippen LogP contribution in [-0.4, -0.2) is 35.0 Å². The number of H-pyrrole nitrogens is 1. The van der Waals surface area contributed by atoms with Gasteiger partial charge in [0.1, 0.15) is 0 Å². The van der Waals surface area contributed by atoms with Crippen molar-refractivity contribution in [3.63, 3.8) is 0 Å². The van der Waals surface area contributed by atoms with E-state index in [1.165, 1.54) is 11.3 Å². The topological polar surface area (TPSA) is 75.3 Å². The van der Waals surface area contributed by atoms with Crippen molar-refractivity contribution in [1.29, 1.82) is 0 Å². The van der Waals surface area contributed by atoms with Crippen molar-refractivity contribution < 1.29 is 14.3 Å². The van der Waals surface area contributed by atoms with E-state index in [1.807, 2.05) is 62.4 Å². The molecule has 0 aliphatic heterocycles. The SMILES string of the molecule is CCN(C(=O)COC(=O)c1c(C)[nH]c2ccccc12)c1nc2ccccc2s1. The number of thiazole rings is 1. The Kier molecular flexibility index (Phi) is 4.83. The number of fused-ring (bicyclic) bond motifs is 2. The highest BCUT2D eigenvalue weighted by atomic mass is 32.1. The van der Waals surface area contributed by atoms with Crippen molar-refractivity contribution in [1.82, 2.24) is 9.97 Å². The molecule has 4 aromatic rings. The number of aromatic amines is 1. The summed E-state index contributed by atoms with van der Waals surface area (Å²) in [7, 11) is 0. The number of para-hydroxylation sites is 2. The fourth-order valence-electron chi connectivity index (χ4n) is 3.21. The molecule has 4 rings (SSSR count). The van der Waals surface area contributed by atoms with Crippen molar-refractivity contribution in [3.8, 4) is 0 Å². The number of ether oxygens (including phenoxy) is 1. The summed E-state index contributed by atoms with van der Waals surface area (Å²) in [6.45, 7) is 3.80. The fraction of sp³-hybridized carbons (Fsp3) is 0.190. The summed E-state index contributed by atoms with van der Waals surface area (Å²) in [5, 5.41) is 1.39. The summed E-state index contributed by atoms with van der Waals surface area (Å²) >= 11 is 1.44. The summed E-state index contributed by atoms with van der Waals surface area (Å²) < 4.78 is 6.35. The molecular formula is C21H19N3O3S. The molecule has 0 unspecified atom stereocenters. The third-order valence-electron chi connectivity index (χ3n) is 4.56. The van der Waals surface area contributed by atoms with Gasteiger partial charge in [0.05, 0.1) is 15.8 Å². The largest absolute Gasteiger partial charge is 0.452 e. The number of likely N-dealkylation sites (N-methyl/N-ethyl adjacent to an activating group) is 1. The lowest BCUT2D eigenvalue weighted by molar-refractivity contribution is -0.121. The Hall–Kier alpha value is -3.19. The fourth-order valence-corrected chi connectivity index (χ4v) is 4.26. The molecule has 0 atom stereocenters. The third-order valence-corrected chi connectivity index (χ3v) is 5.61. The molecule has 2 aromatic heterocycles. The Morgan fingerprint density at radius 2 is 1.89 bits per heavy atom. The van der Waals surface area contributed by atoms with Crippen LogP contribution >= 0.6 is 11.3 Å². The molecule has 0 aliphatic rings. The zero-order chi connectivity index (χ0) is 19.7. The number of carbonyl (C=O) groups excluding carboxylic acids is 2. The maximum atomic E-state index is 12.7. The molecule has 142 valence electrons. The molecule has 0 saturated carbocycles. The number of nitrogens with zero attached hydrogens (tertiary/aromatic N) is 2. The lowest BCUT2D eigenvalue weighted by atomic mass is 10.1. The zero-order valence-corrected chi connectivity index (χ0v) is 16.4. The van der Waals surface area contributed by atoms with Crippen molar-refractivity contribution >= 4 is 49.5 Å². The molecule has 0 fully saturated rings. The standard InChI is InChI=1S/C21H19N3O3S/c1-3-24(21-23-16-10-6-7-11-17(16)28-21)18(25)12-27-20(26)19-13(2)22-15-9-5-4-8-14(15)19/h4-11,22H,3,12H2,1-2H3. The van der Waals surface area contributed by atoms with Crippen LogP contribution in [0.15, 0.2) is 48.5 Å². The Balaban J connectivity index is 1.50. The number of benzene rings is 2. The Bertz CT molecular complexity index is 1150. The lowest BCUT2D eigenvalue weighted by Gasteiger charge is -2.17. The van der Waals surface area contributed by atoms with Crippen LogP contribution in [0.5, 0.6) is 0 Å². The number of aromatic nitrogens is 2. The molecule has 2 aromatic carbocycles. The number of hydrogen-bond donors (Lipinski definition) is 1. The quantitative estimate of drug-likeness (QED) is 0.513. The van der Waals surface area contributed by atoms with E-state index in [0.717, 1.165) is 26.8 Å². The number of anilines is 1. The molecule has 1 N–H and O–H groups in total. The normalized spacial score (nSPS) is 11.1. The molecule has 0 aliphatic carbocycles. The van der Waals surface area contributed by atoms with E-state index in [-0.39, 0.29) is 12.5 Å². The Morgan fingerprint density at radius 1 is 1.14 bits per heavy atom. The zero-order valence-electron chi connectivity index (χ0n) is 15.6. The number of rotatable bonds is 5. The van der Waals surface area contributed by atoms with E-state index in [0.29, 0.717) is 17.2 Å². The van der Waals surface area contributed by atoms with Crippen LogP contribution in [-0.2, 0) is 9.53 Å². The van der Waals surface area contributed by atoms with Gasteiger partial charge in [-0.1, -0.05) is 41.7 Å². The van der Waals surface area contributed by atoms with E-state index >= 15 is 0 Å². The number of amides is 1. The van der Waals surface area contributed by atoms with Gasteiger partial charge in [-0.25, -0.2) is 9.78 Å². The second kappa shape index (κ2) is 7.44. The third kappa shape index (κ3) is 3.25. The lowest BCUT2D eigenvalue weighted by Crippen LogP contribution is -2.34. The molecule has 2 heterocycles. The molecule has 0 saturated heterocycles. The minimum atomic E-state index is -0.511. The first-order valence-electron chi connectivity index (χ1n) is 8.99. The van der Waals surface area contributed by atoms with Crippen LogP contribution in [0.2, 0.25) is 0 Å². The first-order valence-corrected chi connectivity index (χ1v) is 9.80. The highest BCUT2D eigenvalue weighted by Gasteiger charge is 2.22. The molecule has 28 heavy (non-hydrogen) atoms. The first-order chi connectivity index (χ1) is 13.6. The summed E-state index contributed by atoms with van der Waals surface area (Å²) in [6.07, 6.45) is 0. The number of carbonyl (C=O) groups is 2. The molecular weight excluding hydrogens is 374 g/mol. The van der Waals surface area contributed by atoms with E-state index in [4.69, 9.17) is 4.74 Å². The second-order valence-electron chi connectivity index (χ2n) is 6.35. The van der Waals surface area contributed by atoms with Gasteiger partial charge in [0, 0.05) is 23.1 Å². The number of esters is 1. The Labute approximate surface area is 165 Å². The summed E-state index contributed by atoms with van der Waals surface area (Å²) in [6, 6.07) is 15.2. The maximum absolute atomic E-state index is 12.7. The highest BCUT2D eigenvalue weighted by Crippen LogP contribution is 2.28. The average Bonchev–Trinajstić information content (AvgIpc) is 3.26. The maximum Gasteiger partial charge on any atom is 0.341 e. The van der Waals surface area contributed by atoms with E-state index in [9.17, 15) is 9.59 Å². The highest BCUT2D eigenvalue weighted by molar-refractivity contribution is 7.22. The van der Waals surface area contributed by atoms with E-state index in [2.05, 4.69) is 9.97 Å². The van der Waals surface area contributed by atoms with Gasteiger partial charge in [-0.2, -0.15) is 0 Å². The van der Waals surface area contributed by atoms with Gasteiger partial charge in [0.15, 0.2) is 11.7 Å². The monoisotopic (exact) mass is 393 g/mol. The minimum Gasteiger partial charge on any atom is -0.452 e. The molecule has 0 spiro atoms. The van der Waals surface area contributed by atoms with Gasteiger partial charge in [0.2, 0.25) is 0 Å². The second-order valence-corrected chi connectivity index (χ2v) is 7.36. The van der Waals surface area contributed by atoms with Crippen LogP contribution in [0, 0.1) is 6.92 Å². The molecule has 0 radical (unpaired) electrons. The molecule has 1 amide bonds. The van der Waals surface area contributed by atoms with Gasteiger partial charge < -0.3 is 9.72 Å². The summed E-state index contributed by atoms with van der Waals surface area (Å²) in [5.74, 6) is -0.809.